The van der Waals surface area contributed by atoms with E-state index in [0.29, 0.717) is 27.3 Å². The molecule has 2 bridgehead atoms. The molecule has 288 valence electrons. The van der Waals surface area contributed by atoms with Crippen molar-refractivity contribution in [2.45, 2.75) is 44.6 Å². The van der Waals surface area contributed by atoms with Crippen molar-refractivity contribution in [3.05, 3.63) is 109 Å². The minimum atomic E-state index is -3.11. The molecule has 1 amide bonds. The number of piperidine rings is 3. The number of ether oxygens (including phenoxy) is 4. The summed E-state index contributed by atoms with van der Waals surface area (Å²) in [5.74, 6) is -1.42. The lowest BCUT2D eigenvalue weighted by atomic mass is 9.86. The molecule has 3 saturated heterocycles. The molecule has 12 nitrogen and oxygen atoms in total. The number of rotatable bonds is 12. The van der Waals surface area contributed by atoms with Crippen LogP contribution in [0.3, 0.4) is 0 Å². The van der Waals surface area contributed by atoms with Gasteiger partial charge in [-0.05, 0) is 73.8 Å². The number of carboxylic acid groups (broad SMARTS) is 1. The molecule has 2 aromatic carbocycles. The molecule has 4 aromatic rings. The number of thiophene rings is 1. The summed E-state index contributed by atoms with van der Waals surface area (Å²) in [5.41, 5.74) is 0.653. The Labute approximate surface area is 321 Å². The smallest absolute Gasteiger partial charge is 0.415 e. The Balaban J connectivity index is 0.00000181. The Morgan fingerprint density at radius 2 is 1.78 bits per heavy atom. The van der Waals surface area contributed by atoms with Crippen LogP contribution in [0.2, 0.25) is 10.0 Å². The van der Waals surface area contributed by atoms with Crippen LogP contribution in [0.25, 0.3) is 0 Å². The number of hydrogen-bond acceptors (Lipinski definition) is 10. The van der Waals surface area contributed by atoms with Crippen molar-refractivity contribution in [2.75, 3.05) is 31.6 Å². The summed E-state index contributed by atoms with van der Waals surface area (Å²) in [4.78, 5) is 39.8. The number of methoxy groups -OCH3 is 1. The zero-order valence-corrected chi connectivity index (χ0v) is 30.9. The number of hydrogen-bond donors (Lipinski definition) is 1. The van der Waals surface area contributed by atoms with Gasteiger partial charge >= 0.3 is 18.7 Å². The van der Waals surface area contributed by atoms with Gasteiger partial charge in [0.15, 0.2) is 23.9 Å². The van der Waals surface area contributed by atoms with Crippen molar-refractivity contribution < 1.29 is 56.3 Å². The van der Waals surface area contributed by atoms with Gasteiger partial charge in [-0.3, -0.25) is 14.6 Å². The maximum absolute atomic E-state index is 15.0. The predicted molar refractivity (Wildman–Crippen MR) is 192 cm³/mol. The molecule has 0 saturated carbocycles. The van der Waals surface area contributed by atoms with Gasteiger partial charge in [0, 0.05) is 23.4 Å². The van der Waals surface area contributed by atoms with Gasteiger partial charge in [-0.15, -0.1) is 11.3 Å². The number of anilines is 1. The predicted octanol–water partition coefficient (Wildman–Crippen LogP) is 7.52. The number of carbonyl (C=O) groups is 3. The summed E-state index contributed by atoms with van der Waals surface area (Å²) in [6.07, 6.45) is 1.84. The molecule has 3 fully saturated rings. The first kappa shape index (κ1) is 40.4. The first-order valence-electron chi connectivity index (χ1n) is 16.4. The van der Waals surface area contributed by atoms with E-state index in [1.54, 1.807) is 12.1 Å². The van der Waals surface area contributed by atoms with Gasteiger partial charge in [-0.2, -0.15) is 13.5 Å². The second kappa shape index (κ2) is 18.5. The van der Waals surface area contributed by atoms with Crippen LogP contribution in [0.5, 0.6) is 11.5 Å². The fraction of sp³-hybridized carbons (Fsp3) is 0.333. The van der Waals surface area contributed by atoms with Crippen LogP contribution in [-0.2, 0) is 27.2 Å². The Morgan fingerprint density at radius 1 is 1.09 bits per heavy atom. The Morgan fingerprint density at radius 3 is 2.39 bits per heavy atom. The van der Waals surface area contributed by atoms with Crippen molar-refractivity contribution in [3.8, 4) is 11.5 Å². The Hall–Kier alpha value is -4.77. The fourth-order valence-electron chi connectivity index (χ4n) is 6.29. The lowest BCUT2D eigenvalue weighted by molar-refractivity contribution is -0.605. The molecule has 0 aliphatic carbocycles. The summed E-state index contributed by atoms with van der Waals surface area (Å²) in [6.45, 7) is -0.898. The number of fused-ring (bicyclic) bond motifs is 3. The van der Waals surface area contributed by atoms with Gasteiger partial charge < -0.3 is 29.3 Å². The van der Waals surface area contributed by atoms with E-state index in [1.807, 2.05) is 0 Å². The number of pyridine rings is 1. The fourth-order valence-corrected chi connectivity index (χ4v) is 7.77. The second-order valence-electron chi connectivity index (χ2n) is 12.1. The van der Waals surface area contributed by atoms with E-state index in [-0.39, 0.29) is 63.6 Å². The van der Waals surface area contributed by atoms with Crippen LogP contribution in [0, 0.1) is 16.9 Å². The van der Waals surface area contributed by atoms with Crippen LogP contribution < -0.4 is 19.1 Å². The van der Waals surface area contributed by atoms with E-state index in [4.69, 9.17) is 47.3 Å². The molecule has 0 unspecified atom stereocenters. The molecular formula is C36H34Cl2F3N3O9S. The maximum atomic E-state index is 15.0. The van der Waals surface area contributed by atoms with Crippen molar-refractivity contribution in [1.29, 1.82) is 0 Å². The summed E-state index contributed by atoms with van der Waals surface area (Å²) < 4.78 is 63.1. The number of halogens is 5. The van der Waals surface area contributed by atoms with Crippen molar-refractivity contribution in [3.63, 3.8) is 0 Å². The van der Waals surface area contributed by atoms with E-state index in [9.17, 15) is 23.6 Å². The number of esters is 1. The molecule has 0 radical (unpaired) electrons. The number of nitrogens with zero attached hydrogens (tertiary/aromatic N) is 3. The average Bonchev–Trinajstić information content (AvgIpc) is 3.62. The summed E-state index contributed by atoms with van der Waals surface area (Å²) in [6, 6.07) is 13.1. The van der Waals surface area contributed by atoms with Gasteiger partial charge in [0.1, 0.15) is 32.9 Å². The Bertz CT molecular complexity index is 1920. The van der Waals surface area contributed by atoms with Gasteiger partial charge in [-0.1, -0.05) is 41.4 Å². The summed E-state index contributed by atoms with van der Waals surface area (Å²) in [5, 5.41) is 18.8. The van der Waals surface area contributed by atoms with Crippen LogP contribution >= 0.6 is 34.5 Å². The van der Waals surface area contributed by atoms with Crippen LogP contribution in [0.1, 0.15) is 44.6 Å². The summed E-state index contributed by atoms with van der Waals surface area (Å²) >= 11 is 13.7. The lowest BCUT2D eigenvalue weighted by Gasteiger charge is -2.44. The maximum Gasteiger partial charge on any atom is 0.415 e. The zero-order chi connectivity index (χ0) is 38.9. The molecule has 1 N–H and O–H groups in total. The monoisotopic (exact) mass is 811 g/mol. The minimum absolute atomic E-state index is 0.0138. The minimum Gasteiger partial charge on any atom is -0.619 e. The largest absolute Gasteiger partial charge is 0.619 e. The van der Waals surface area contributed by atoms with Gasteiger partial charge in [0.2, 0.25) is 0 Å². The molecule has 54 heavy (non-hydrogen) atoms. The lowest BCUT2D eigenvalue weighted by Crippen LogP contribution is -2.53. The highest BCUT2D eigenvalue weighted by molar-refractivity contribution is 7.14. The number of benzene rings is 2. The standard InChI is InChI=1S/C35H32Cl2F3N3O7S.CH2O2/c1-47-30-14-21(6-8-28(30)49-34(39)40)29(15-23-24(36)17-42(46)18-25(23)37)48-33(44)32-9-7-22(51-32)16-43(27-5-3-2-4-26(27)38)35(45)50-31-19-41-12-10-20(31)11-13-41;2-1-3/h2-9,14,17-18,20,29,31,34H,10-13,15-16,19H2,1H3;1H,(H,2,3)/t29-,31-;/m0./s1. The highest BCUT2D eigenvalue weighted by Crippen LogP contribution is 2.37. The molecule has 2 aromatic heterocycles. The van der Waals surface area contributed by atoms with Crippen LogP contribution in [0.15, 0.2) is 67.0 Å². The number of aromatic nitrogens is 1. The number of para-hydroxylation sites is 1. The highest BCUT2D eigenvalue weighted by atomic mass is 35.5. The molecule has 0 spiro atoms. The van der Waals surface area contributed by atoms with Crippen LogP contribution in [-0.4, -0.2) is 68.0 Å². The topological polar surface area (TPSA) is 142 Å². The second-order valence-corrected chi connectivity index (χ2v) is 14.1. The van der Waals surface area contributed by atoms with Gasteiger partial charge in [0.05, 0.1) is 19.3 Å². The van der Waals surface area contributed by atoms with E-state index in [1.165, 1.54) is 54.5 Å². The quantitative estimate of drug-likeness (QED) is 0.0661. The van der Waals surface area contributed by atoms with E-state index in [0.717, 1.165) is 49.7 Å². The van der Waals surface area contributed by atoms with Crippen LogP contribution in [0.4, 0.5) is 23.7 Å². The van der Waals surface area contributed by atoms with E-state index >= 15 is 4.39 Å². The summed E-state index contributed by atoms with van der Waals surface area (Å²) in [7, 11) is 1.26. The van der Waals surface area contributed by atoms with E-state index in [2.05, 4.69) is 9.64 Å². The number of amides is 1. The molecule has 2 atom stereocenters. The van der Waals surface area contributed by atoms with E-state index < -0.39 is 30.6 Å². The molecule has 5 heterocycles. The number of carbonyl (C=O) groups excluding carboxylic acids is 2. The first-order chi connectivity index (χ1) is 25.9. The van der Waals surface area contributed by atoms with Crippen molar-refractivity contribution >= 4 is 58.8 Å². The molecular weight excluding hydrogens is 778 g/mol. The third kappa shape index (κ3) is 10.0. The first-order valence-corrected chi connectivity index (χ1v) is 18.0. The number of alkyl halides is 2. The van der Waals surface area contributed by atoms with Crippen molar-refractivity contribution in [2.24, 2.45) is 5.92 Å². The van der Waals surface area contributed by atoms with Gasteiger partial charge in [0.25, 0.3) is 6.47 Å². The Kier molecular flexibility index (Phi) is 13.9. The normalized spacial score (nSPS) is 17.9. The molecule has 7 rings (SSSR count). The third-order valence-corrected chi connectivity index (χ3v) is 10.6. The van der Waals surface area contributed by atoms with Crippen molar-refractivity contribution in [1.82, 2.24) is 4.90 Å². The molecule has 3 aliphatic heterocycles. The average molecular weight is 813 g/mol. The SMILES string of the molecule is COc1cc([C@H](Cc2c(Cl)c[n+]([O-])cc2Cl)OC(=O)c2ccc(CN(C(=O)O[C@H]3CN4CCC3CC4)c3ccccc3F)s2)ccc1OC(F)F.O=CO. The van der Waals surface area contributed by atoms with Gasteiger partial charge in [-0.25, -0.2) is 14.0 Å². The molecule has 18 heteroatoms. The third-order valence-electron chi connectivity index (χ3n) is 8.86. The highest BCUT2D eigenvalue weighted by Gasteiger charge is 2.38. The molecule has 3 aliphatic rings. The zero-order valence-electron chi connectivity index (χ0n) is 28.5.